The Labute approximate surface area is 717 Å². The average Bonchev–Trinajstić information content (AvgIpc) is 0.815. The highest BCUT2D eigenvalue weighted by atomic mass is 32.9. The quantitative estimate of drug-likeness (QED) is 0.0135. The van der Waals surface area contributed by atoms with Crippen LogP contribution in [-0.2, 0) is 139 Å². The topological polar surface area (TPSA) is 451 Å². The zero-order valence-electron chi connectivity index (χ0n) is 73.0. The van der Waals surface area contributed by atoms with E-state index in [4.69, 9.17) is 58.6 Å². The highest BCUT2D eigenvalue weighted by Crippen LogP contribution is 2.35. The smallest absolute Gasteiger partial charge is 0.307 e. The number of carbonyl (C=O) groups excluding carboxylic acids is 15. The number of rotatable bonds is 60. The summed E-state index contributed by atoms with van der Waals surface area (Å²) in [6.07, 6.45) is 1.30. The number of esters is 4. The Morgan fingerprint density at radius 2 is 0.700 bits per heavy atom. The van der Waals surface area contributed by atoms with Gasteiger partial charge in [-0.2, -0.15) is 0 Å². The number of unbranched alkanes of at least 4 members (excludes halogenated alkanes) is 4. The van der Waals surface area contributed by atoms with Crippen molar-refractivity contribution in [1.29, 1.82) is 0 Å². The van der Waals surface area contributed by atoms with Crippen molar-refractivity contribution in [3.8, 4) is 0 Å². The van der Waals surface area contributed by atoms with Crippen LogP contribution < -0.4 is 42.5 Å². The van der Waals surface area contributed by atoms with Crippen molar-refractivity contribution in [3.63, 3.8) is 0 Å². The van der Waals surface area contributed by atoms with Crippen molar-refractivity contribution in [3.05, 3.63) is 0 Å². The lowest BCUT2D eigenvalue weighted by Gasteiger charge is -2.44. The van der Waals surface area contributed by atoms with Gasteiger partial charge in [0.25, 0.3) is 5.91 Å². The van der Waals surface area contributed by atoms with Crippen LogP contribution in [0.3, 0.4) is 0 Å². The standard InChI is InChI=1S/C82H140N10O25PS2/c1-14-65(114-75(106)35-34-64(99)51-120(118)119)79(107)92(44-27-40-87-73(104)32-24-37-84-70(101)29-16-21-46-109-81-77(89-59(9)94)56(6)53(3)67(116-81)49-112-62(12)97)42-19-18-41-91(74(105)33-25-38-85-71(102)30-17-22-47-110-82-78(90-60(10)95)57(7)54(4)68(117-82)50-113-63(13)98)43-26-39-86-72(103)31-23-36-83-69(100)28-15-20-45-108-80-76(88-58(8)93)55(5)52(2)66(115-80)48-111-61(11)96/h52-57,65-68,76-78,80-82,118H,14-51H2,1-13H3,(H,83,100)(H,84,101)(H,85,102)(H,86,103)(H,87,104)(H,88,93)(H,89,94)(H,90,95)/q-1. The Morgan fingerprint density at radius 1 is 0.392 bits per heavy atom. The van der Waals surface area contributed by atoms with Gasteiger partial charge in [0.2, 0.25) is 53.2 Å². The summed E-state index contributed by atoms with van der Waals surface area (Å²) in [5, 5.41) is 23.1. The van der Waals surface area contributed by atoms with E-state index in [9.17, 15) is 71.9 Å². The fourth-order valence-electron chi connectivity index (χ4n) is 14.1. The first-order valence-electron chi connectivity index (χ1n) is 42.7. The summed E-state index contributed by atoms with van der Waals surface area (Å²) in [6.45, 7) is 24.5. The van der Waals surface area contributed by atoms with Gasteiger partial charge in [0.05, 0.1) is 42.9 Å². The minimum atomic E-state index is -1.18. The van der Waals surface area contributed by atoms with Crippen molar-refractivity contribution >= 4 is 117 Å². The molecule has 3 fully saturated rings. The van der Waals surface area contributed by atoms with Gasteiger partial charge in [-0.05, 0) is 125 Å². The zero-order chi connectivity index (χ0) is 89.2. The molecule has 3 heterocycles. The maximum absolute atomic E-state index is 14.3. The Balaban J connectivity index is 1.60. The molecule has 38 heteroatoms. The summed E-state index contributed by atoms with van der Waals surface area (Å²) < 4.78 is 58.1. The number of nitrogens with one attached hydrogen (secondary N) is 8. The Bertz CT molecular complexity index is 3310. The van der Waals surface area contributed by atoms with E-state index in [1.807, 2.05) is 41.5 Å². The summed E-state index contributed by atoms with van der Waals surface area (Å²) in [4.78, 5) is 193. The van der Waals surface area contributed by atoms with Gasteiger partial charge in [0.1, 0.15) is 25.6 Å². The molecule has 3 rings (SSSR count). The van der Waals surface area contributed by atoms with Crippen LogP contribution in [0.5, 0.6) is 0 Å². The molecule has 0 spiro atoms. The second-order valence-corrected chi connectivity index (χ2v) is 36.0. The Morgan fingerprint density at radius 3 is 1.02 bits per heavy atom. The van der Waals surface area contributed by atoms with E-state index < -0.39 is 99.8 Å². The highest BCUT2D eigenvalue weighted by molar-refractivity contribution is 8.39. The van der Waals surface area contributed by atoms with Crippen LogP contribution >= 0.6 is 8.02 Å². The van der Waals surface area contributed by atoms with Gasteiger partial charge in [-0.15, -0.1) is 0 Å². The number of nitrogens with zero attached hydrogens (tertiary/aromatic N) is 2. The number of ether oxygens (including phenoxy) is 10. The molecule has 0 aromatic carbocycles. The molecular weight excluding hydrogens is 1620 g/mol. The molecule has 0 aliphatic carbocycles. The van der Waals surface area contributed by atoms with Gasteiger partial charge in [-0.25, -0.2) is 0 Å². The zero-order valence-corrected chi connectivity index (χ0v) is 75.7. The third kappa shape index (κ3) is 44.8. The molecule has 8 N–H and O–H groups in total. The van der Waals surface area contributed by atoms with E-state index in [1.165, 1.54) is 41.5 Å². The van der Waals surface area contributed by atoms with Gasteiger partial charge in [-0.3, -0.25) is 86.3 Å². The Hall–Kier alpha value is -7.12. The second-order valence-electron chi connectivity index (χ2n) is 31.4. The molecule has 10 amide bonds. The van der Waals surface area contributed by atoms with Crippen LogP contribution in [0.2, 0.25) is 0 Å². The largest absolute Gasteiger partial charge is 0.463 e. The number of hydrogen-bond donors (Lipinski definition) is 8. The molecule has 686 valence electrons. The first kappa shape index (κ1) is 107. The number of amides is 10. The van der Waals surface area contributed by atoms with Gasteiger partial charge in [-0.1, -0.05) is 54.2 Å². The van der Waals surface area contributed by atoms with Crippen molar-refractivity contribution in [1.82, 2.24) is 52.3 Å². The highest BCUT2D eigenvalue weighted by Gasteiger charge is 2.46. The van der Waals surface area contributed by atoms with Gasteiger partial charge < -0.3 is 113 Å². The van der Waals surface area contributed by atoms with Crippen molar-refractivity contribution < 1.29 is 119 Å². The van der Waals surface area contributed by atoms with Crippen molar-refractivity contribution in [2.24, 2.45) is 35.5 Å². The summed E-state index contributed by atoms with van der Waals surface area (Å²) in [6, 6.07) is -1.32. The molecule has 0 saturated carbocycles. The monoisotopic (exact) mass is 1760 g/mol. The molecule has 3 aliphatic rings. The van der Waals surface area contributed by atoms with Gasteiger partial charge in [0, 0.05) is 165 Å². The lowest BCUT2D eigenvalue weighted by Crippen LogP contribution is -2.58. The van der Waals surface area contributed by atoms with Crippen LogP contribution in [0, 0.1) is 35.5 Å². The van der Waals surface area contributed by atoms with Gasteiger partial charge in [0.15, 0.2) is 25.0 Å². The average molecular weight is 1760 g/mol. The van der Waals surface area contributed by atoms with E-state index in [-0.39, 0.29) is 257 Å². The van der Waals surface area contributed by atoms with Crippen LogP contribution in [0.1, 0.15) is 231 Å². The summed E-state index contributed by atoms with van der Waals surface area (Å²) in [5.74, 6) is -5.08. The predicted molar refractivity (Wildman–Crippen MR) is 450 cm³/mol. The molecule has 35 nitrogen and oxygen atoms in total. The first-order chi connectivity index (χ1) is 57.0. The number of Topliss-reactive ketones (excluding diaryl/α,β-unsaturated/α-hetero) is 1. The lowest BCUT2D eigenvalue weighted by atomic mass is 9.82. The summed E-state index contributed by atoms with van der Waals surface area (Å²) in [7, 11) is 2.49. The molecule has 0 aromatic rings. The molecule has 0 radical (unpaired) electrons. The molecule has 16 unspecified atom stereocenters. The van der Waals surface area contributed by atoms with E-state index in [0.29, 0.717) is 83.5 Å². The Kier molecular flexibility index (Phi) is 53.9. The molecule has 0 aromatic heterocycles. The summed E-state index contributed by atoms with van der Waals surface area (Å²) in [5.41, 5.74) is 0. The molecule has 16 atom stereocenters. The number of hydrogen-bond acceptors (Lipinski definition) is 27. The maximum atomic E-state index is 14.3. The fraction of sp³-hybridized carbons (Fsp3) is 0.817. The van der Waals surface area contributed by atoms with E-state index in [2.05, 4.69) is 50.5 Å². The second kappa shape index (κ2) is 60.4. The molecule has 120 heavy (non-hydrogen) atoms. The minimum absolute atomic E-state index is 0.0350. The lowest BCUT2D eigenvalue weighted by molar-refractivity contribution is -0.244. The normalized spacial score (nSPS) is 22.8. The van der Waals surface area contributed by atoms with Crippen molar-refractivity contribution in [2.75, 3.05) is 104 Å². The fourth-order valence-corrected chi connectivity index (χ4v) is 15.4. The number of ketones is 1. The summed E-state index contributed by atoms with van der Waals surface area (Å²) >= 11 is 5.09. The van der Waals surface area contributed by atoms with E-state index in [1.54, 1.807) is 16.7 Å². The van der Waals surface area contributed by atoms with Crippen LogP contribution in [0.4, 0.5) is 0 Å². The third-order valence-corrected chi connectivity index (χ3v) is 23.0. The van der Waals surface area contributed by atoms with Crippen LogP contribution in [0.25, 0.3) is 0 Å². The molecular formula is C82H140N10O25PS2-. The molecule has 0 bridgehead atoms. The van der Waals surface area contributed by atoms with E-state index >= 15 is 0 Å². The van der Waals surface area contributed by atoms with E-state index in [0.717, 1.165) is 0 Å². The van der Waals surface area contributed by atoms with Crippen LogP contribution in [-0.4, -0.2) is 264 Å². The number of carbonyl (C=O) groups is 15. The molecule has 3 saturated heterocycles. The minimum Gasteiger partial charge on any atom is -0.463 e. The van der Waals surface area contributed by atoms with Crippen LogP contribution in [0.15, 0.2) is 0 Å². The molecule has 3 aliphatic heterocycles. The van der Waals surface area contributed by atoms with Crippen molar-refractivity contribution in [2.45, 2.75) is 293 Å². The predicted octanol–water partition coefficient (Wildman–Crippen LogP) is 4.69. The SMILES string of the molecule is CCC(OC(=O)CCC(=O)C[S-](=P)=S)C(=O)N(CCCCN(CCCNC(=O)CCCNC(=O)CCCCOC1OC(COC(C)=O)C(C)C(C)C1NC(C)=O)C(=O)CCCNC(=O)CCCCOC1OC(COC(C)=O)C(C)C(C)C1NC(C)=O)CCCNC(=O)CCCNC(=O)CCCCOC1OC(COC(C)=O)C(C)C(C)C1NC(C)=O. The first-order valence-corrected chi connectivity index (χ1v) is 46.3. The maximum Gasteiger partial charge on any atom is 0.307 e. The van der Waals surface area contributed by atoms with Gasteiger partial charge >= 0.3 is 23.9 Å². The third-order valence-electron chi connectivity index (χ3n) is 21.6.